The van der Waals surface area contributed by atoms with E-state index in [1.165, 1.54) is 0 Å². The molecule has 0 spiro atoms. The molecule has 134 valence electrons. The van der Waals surface area contributed by atoms with Crippen LogP contribution in [-0.4, -0.2) is 85.1 Å². The van der Waals surface area contributed by atoms with Crippen LogP contribution in [0.2, 0.25) is 5.02 Å². The van der Waals surface area contributed by atoms with E-state index < -0.39 is 0 Å². The van der Waals surface area contributed by atoms with Gasteiger partial charge in [0.2, 0.25) is 11.9 Å². The zero-order valence-electron chi connectivity index (χ0n) is 13.7. The number of carbonyl (C=O) groups is 1. The summed E-state index contributed by atoms with van der Waals surface area (Å²) in [5.74, 6) is 0.668. The highest BCUT2D eigenvalue weighted by Gasteiger charge is 2.22. The van der Waals surface area contributed by atoms with Crippen molar-refractivity contribution in [1.29, 1.82) is 0 Å². The Balaban J connectivity index is 1.71. The van der Waals surface area contributed by atoms with Crippen molar-refractivity contribution in [3.05, 3.63) is 17.4 Å². The first kappa shape index (κ1) is 18.9. The third-order valence-corrected chi connectivity index (χ3v) is 3.94. The number of ether oxygens (including phenoxy) is 2. The Kier molecular flexibility index (Phi) is 7.64. The number of rotatable bonds is 8. The lowest BCUT2D eigenvalue weighted by molar-refractivity contribution is -0.133. The smallest absolute Gasteiger partial charge is 0.225 e. The quantitative estimate of drug-likeness (QED) is 0.709. The van der Waals surface area contributed by atoms with Crippen LogP contribution in [0, 0.1) is 0 Å². The maximum Gasteiger partial charge on any atom is 0.225 e. The van der Waals surface area contributed by atoms with Crippen LogP contribution >= 0.6 is 11.6 Å². The van der Waals surface area contributed by atoms with Gasteiger partial charge in [0.05, 0.1) is 43.7 Å². The topological polar surface area (TPSA) is 88.0 Å². The lowest BCUT2D eigenvalue weighted by Crippen LogP contribution is -2.49. The molecule has 1 atom stereocenters. The Hall–Kier alpha value is -1.48. The molecule has 1 N–H and O–H groups in total. The molecule has 0 aromatic carbocycles. The molecule has 2 heterocycles. The van der Waals surface area contributed by atoms with Gasteiger partial charge < -0.3 is 24.4 Å². The van der Waals surface area contributed by atoms with Crippen LogP contribution in [0.5, 0.6) is 0 Å². The first-order valence-corrected chi connectivity index (χ1v) is 8.23. The fourth-order valence-electron chi connectivity index (χ4n) is 2.44. The highest BCUT2D eigenvalue weighted by atomic mass is 35.5. The molecule has 0 radical (unpaired) electrons. The minimum atomic E-state index is -0.387. The number of hydrogen-bond donors (Lipinski definition) is 1. The van der Waals surface area contributed by atoms with E-state index in [1.54, 1.807) is 24.4 Å². The number of methoxy groups -OCH3 is 1. The van der Waals surface area contributed by atoms with Crippen LogP contribution in [-0.2, 0) is 14.3 Å². The molecular formula is C15H23ClN4O4. The molecule has 0 bridgehead atoms. The molecule has 1 aliphatic heterocycles. The summed E-state index contributed by atoms with van der Waals surface area (Å²) in [6, 6.07) is 0. The number of amides is 1. The van der Waals surface area contributed by atoms with Crippen molar-refractivity contribution >= 4 is 23.5 Å². The summed E-state index contributed by atoms with van der Waals surface area (Å²) in [5, 5.41) is 9.60. The van der Waals surface area contributed by atoms with Gasteiger partial charge in [0.15, 0.2) is 0 Å². The summed E-state index contributed by atoms with van der Waals surface area (Å²) >= 11 is 5.78. The Morgan fingerprint density at radius 3 is 2.58 bits per heavy atom. The molecule has 1 aliphatic rings. The predicted molar refractivity (Wildman–Crippen MR) is 89.2 cm³/mol. The van der Waals surface area contributed by atoms with Crippen LogP contribution in [0.3, 0.4) is 0 Å². The molecule has 8 nitrogen and oxygen atoms in total. The van der Waals surface area contributed by atoms with Gasteiger partial charge in [-0.2, -0.15) is 0 Å². The molecule has 24 heavy (non-hydrogen) atoms. The summed E-state index contributed by atoms with van der Waals surface area (Å²) in [6.45, 7) is 3.05. The molecule has 1 unspecified atom stereocenters. The maximum atomic E-state index is 12.2. The summed E-state index contributed by atoms with van der Waals surface area (Å²) in [5.41, 5.74) is 0. The normalized spacial score (nSPS) is 16.3. The number of aromatic nitrogens is 2. The number of aliphatic hydroxyl groups is 1. The van der Waals surface area contributed by atoms with Gasteiger partial charge in [-0.15, -0.1) is 0 Å². The maximum absolute atomic E-state index is 12.2. The van der Waals surface area contributed by atoms with Gasteiger partial charge in [0.1, 0.15) is 6.10 Å². The van der Waals surface area contributed by atoms with E-state index in [0.29, 0.717) is 43.8 Å². The van der Waals surface area contributed by atoms with Crippen LogP contribution < -0.4 is 4.90 Å². The van der Waals surface area contributed by atoms with Gasteiger partial charge in [-0.05, 0) is 0 Å². The van der Waals surface area contributed by atoms with E-state index in [-0.39, 0.29) is 31.6 Å². The third-order valence-electron chi connectivity index (χ3n) is 3.75. The van der Waals surface area contributed by atoms with Crippen molar-refractivity contribution < 1.29 is 19.4 Å². The fourth-order valence-corrected chi connectivity index (χ4v) is 2.53. The molecule has 0 saturated carbocycles. The minimum Gasteiger partial charge on any atom is -0.394 e. The molecule has 1 aromatic rings. The van der Waals surface area contributed by atoms with E-state index in [1.807, 2.05) is 4.90 Å². The Bertz CT molecular complexity index is 509. The number of nitrogens with zero attached hydrogens (tertiary/aromatic N) is 4. The number of aliphatic hydroxyl groups excluding tert-OH is 1. The largest absolute Gasteiger partial charge is 0.394 e. The molecule has 9 heteroatoms. The van der Waals surface area contributed by atoms with Gasteiger partial charge in [-0.1, -0.05) is 11.6 Å². The van der Waals surface area contributed by atoms with Crippen molar-refractivity contribution in [3.63, 3.8) is 0 Å². The van der Waals surface area contributed by atoms with Gasteiger partial charge in [0.25, 0.3) is 0 Å². The van der Waals surface area contributed by atoms with Crippen LogP contribution in [0.15, 0.2) is 12.4 Å². The zero-order valence-corrected chi connectivity index (χ0v) is 14.5. The molecule has 2 rings (SSSR count). The second-order valence-electron chi connectivity index (χ2n) is 5.45. The van der Waals surface area contributed by atoms with Crippen LogP contribution in [0.1, 0.15) is 6.42 Å². The molecular weight excluding hydrogens is 336 g/mol. The first-order valence-electron chi connectivity index (χ1n) is 7.85. The summed E-state index contributed by atoms with van der Waals surface area (Å²) in [6.07, 6.45) is 3.03. The highest BCUT2D eigenvalue weighted by Crippen LogP contribution is 2.13. The lowest BCUT2D eigenvalue weighted by atomic mass is 10.3. The summed E-state index contributed by atoms with van der Waals surface area (Å²) < 4.78 is 10.4. The second kappa shape index (κ2) is 9.73. The van der Waals surface area contributed by atoms with Crippen LogP contribution in [0.4, 0.5) is 5.95 Å². The van der Waals surface area contributed by atoms with Gasteiger partial charge in [-0.25, -0.2) is 9.97 Å². The van der Waals surface area contributed by atoms with Crippen molar-refractivity contribution in [2.75, 3.05) is 58.0 Å². The fraction of sp³-hybridized carbons (Fsp3) is 0.667. The number of anilines is 1. The number of hydrogen-bond acceptors (Lipinski definition) is 7. The predicted octanol–water partition coefficient (Wildman–Crippen LogP) is 0.193. The van der Waals surface area contributed by atoms with Crippen molar-refractivity contribution in [3.8, 4) is 0 Å². The SMILES string of the molecule is COCC(CO)OCCC(=O)N1CCN(c2ncc(Cl)cn2)CC1. The van der Waals surface area contributed by atoms with E-state index in [9.17, 15) is 4.79 Å². The zero-order chi connectivity index (χ0) is 17.4. The number of carbonyl (C=O) groups excluding carboxylic acids is 1. The number of halogens is 1. The highest BCUT2D eigenvalue weighted by molar-refractivity contribution is 6.30. The first-order chi connectivity index (χ1) is 11.6. The molecule has 1 aromatic heterocycles. The van der Waals surface area contributed by atoms with E-state index in [4.69, 9.17) is 26.2 Å². The average molecular weight is 359 g/mol. The van der Waals surface area contributed by atoms with E-state index >= 15 is 0 Å². The molecule has 1 saturated heterocycles. The summed E-state index contributed by atoms with van der Waals surface area (Å²) in [7, 11) is 1.54. The van der Waals surface area contributed by atoms with Crippen molar-refractivity contribution in [2.24, 2.45) is 0 Å². The van der Waals surface area contributed by atoms with Crippen LogP contribution in [0.25, 0.3) is 0 Å². The third kappa shape index (κ3) is 5.55. The van der Waals surface area contributed by atoms with Crippen molar-refractivity contribution in [2.45, 2.75) is 12.5 Å². The standard InChI is InChI=1S/C15H23ClN4O4/c1-23-11-13(10-21)24-7-2-14(22)19-3-5-20(6-4-19)15-17-8-12(16)9-18-15/h8-9,13,21H,2-7,10-11H2,1H3. The van der Waals surface area contributed by atoms with Crippen molar-refractivity contribution in [1.82, 2.24) is 14.9 Å². The summed E-state index contributed by atoms with van der Waals surface area (Å²) in [4.78, 5) is 24.4. The van der Waals surface area contributed by atoms with Gasteiger partial charge in [-0.3, -0.25) is 4.79 Å². The Morgan fingerprint density at radius 1 is 1.33 bits per heavy atom. The monoisotopic (exact) mass is 358 g/mol. The van der Waals surface area contributed by atoms with E-state index in [2.05, 4.69) is 9.97 Å². The minimum absolute atomic E-state index is 0.0424. The number of piperazine rings is 1. The Labute approximate surface area is 146 Å². The molecule has 1 amide bonds. The molecule has 0 aliphatic carbocycles. The molecule has 1 fully saturated rings. The Morgan fingerprint density at radius 2 is 2.00 bits per heavy atom. The second-order valence-corrected chi connectivity index (χ2v) is 5.89. The van der Waals surface area contributed by atoms with E-state index in [0.717, 1.165) is 0 Å². The lowest BCUT2D eigenvalue weighted by Gasteiger charge is -2.34. The van der Waals surface area contributed by atoms with Gasteiger partial charge in [0, 0.05) is 33.3 Å². The van der Waals surface area contributed by atoms with Gasteiger partial charge >= 0.3 is 0 Å². The average Bonchev–Trinajstić information content (AvgIpc) is 2.61.